The molecule has 4 aromatic rings. The van der Waals surface area contributed by atoms with Crippen LogP contribution in [0.4, 0.5) is 0 Å². The summed E-state index contributed by atoms with van der Waals surface area (Å²) in [6.07, 6.45) is 3.87. The summed E-state index contributed by atoms with van der Waals surface area (Å²) in [7, 11) is 1.40. The predicted octanol–water partition coefficient (Wildman–Crippen LogP) is 4.54. The second-order valence-electron chi connectivity index (χ2n) is 6.10. The number of ether oxygens (including phenoxy) is 1. The van der Waals surface area contributed by atoms with Crippen LogP contribution >= 0.6 is 0 Å². The number of pyridine rings is 1. The number of carbonyl (C=O) groups excluding carboxylic acids is 1. The fourth-order valence-corrected chi connectivity index (χ4v) is 3.16. The number of esters is 1. The fourth-order valence-electron chi connectivity index (χ4n) is 3.16. The molecule has 0 spiro atoms. The Morgan fingerprint density at radius 2 is 1.85 bits per heavy atom. The van der Waals surface area contributed by atoms with E-state index >= 15 is 0 Å². The van der Waals surface area contributed by atoms with Crippen LogP contribution in [0.5, 0.6) is 0 Å². The largest absolute Gasteiger partial charge is 0.465 e. The van der Waals surface area contributed by atoms with E-state index in [2.05, 4.69) is 15.6 Å². The molecule has 26 heavy (non-hydrogen) atoms. The first kappa shape index (κ1) is 16.1. The molecule has 0 atom stereocenters. The molecule has 128 valence electrons. The summed E-state index contributed by atoms with van der Waals surface area (Å²) >= 11 is 0. The number of hydrogen-bond acceptors (Lipinski definition) is 3. The molecule has 0 aliphatic carbocycles. The number of para-hydroxylation sites is 1. The summed E-state index contributed by atoms with van der Waals surface area (Å²) in [6, 6.07) is 21.9. The van der Waals surface area contributed by atoms with Gasteiger partial charge < -0.3 is 9.30 Å². The zero-order valence-electron chi connectivity index (χ0n) is 14.4. The molecule has 4 nitrogen and oxygen atoms in total. The maximum atomic E-state index is 12.1. The Bertz CT molecular complexity index is 1050. The quantitative estimate of drug-likeness (QED) is 0.512. The zero-order valence-corrected chi connectivity index (χ0v) is 14.4. The number of nitrogens with zero attached hydrogens (tertiary/aromatic N) is 2. The Morgan fingerprint density at radius 1 is 1.00 bits per heavy atom. The maximum Gasteiger partial charge on any atom is 0.340 e. The Morgan fingerprint density at radius 3 is 2.58 bits per heavy atom. The lowest BCUT2D eigenvalue weighted by atomic mass is 10.1. The second kappa shape index (κ2) is 6.84. The highest BCUT2D eigenvalue weighted by Crippen LogP contribution is 2.23. The number of aromatic nitrogens is 2. The smallest absolute Gasteiger partial charge is 0.340 e. The van der Waals surface area contributed by atoms with Crippen LogP contribution in [0.15, 0.2) is 79.1 Å². The molecule has 0 fully saturated rings. The van der Waals surface area contributed by atoms with Gasteiger partial charge in [-0.3, -0.25) is 4.98 Å². The first-order valence-electron chi connectivity index (χ1n) is 8.43. The van der Waals surface area contributed by atoms with E-state index in [1.54, 1.807) is 6.07 Å². The number of carbonyl (C=O) groups is 1. The molecule has 0 N–H and O–H groups in total. The first-order chi connectivity index (χ1) is 12.8. The molecule has 0 aliphatic heterocycles. The fraction of sp³-hybridized carbons (Fsp3) is 0.0909. The van der Waals surface area contributed by atoms with Crippen molar-refractivity contribution < 1.29 is 9.53 Å². The summed E-state index contributed by atoms with van der Waals surface area (Å²) in [6.45, 7) is 0.638. The van der Waals surface area contributed by atoms with Gasteiger partial charge in [-0.25, -0.2) is 4.79 Å². The third kappa shape index (κ3) is 2.97. The van der Waals surface area contributed by atoms with Gasteiger partial charge in [-0.1, -0.05) is 48.5 Å². The van der Waals surface area contributed by atoms with Gasteiger partial charge in [0.1, 0.15) is 0 Å². The number of fused-ring (bicyclic) bond motifs is 1. The summed E-state index contributed by atoms with van der Waals surface area (Å²) in [5.41, 5.74) is 4.57. The van der Waals surface area contributed by atoms with Crippen molar-refractivity contribution >= 4 is 16.9 Å². The SMILES string of the molecule is COC(=O)c1cccc2ccn(Cc3ccc(-c4ccccc4)nc3)c12. The van der Waals surface area contributed by atoms with E-state index in [4.69, 9.17) is 4.74 Å². The maximum absolute atomic E-state index is 12.1. The molecule has 2 heterocycles. The molecule has 0 radical (unpaired) electrons. The van der Waals surface area contributed by atoms with Gasteiger partial charge in [0.05, 0.1) is 23.9 Å². The summed E-state index contributed by atoms with van der Waals surface area (Å²) < 4.78 is 6.98. The highest BCUT2D eigenvalue weighted by atomic mass is 16.5. The first-order valence-corrected chi connectivity index (χ1v) is 8.43. The zero-order chi connectivity index (χ0) is 17.9. The molecule has 0 aliphatic rings. The minimum Gasteiger partial charge on any atom is -0.465 e. The second-order valence-corrected chi connectivity index (χ2v) is 6.10. The number of benzene rings is 2. The van der Waals surface area contributed by atoms with Crippen LogP contribution in [-0.4, -0.2) is 22.6 Å². The average Bonchev–Trinajstić information content (AvgIpc) is 3.11. The van der Waals surface area contributed by atoms with Gasteiger partial charge in [0, 0.05) is 29.9 Å². The molecule has 0 saturated carbocycles. The van der Waals surface area contributed by atoms with Crippen LogP contribution in [-0.2, 0) is 11.3 Å². The van der Waals surface area contributed by atoms with Gasteiger partial charge in [-0.2, -0.15) is 0 Å². The molecule has 0 amide bonds. The standard InChI is InChI=1S/C22H18N2O2/c1-26-22(25)19-9-5-8-18-12-13-24(21(18)19)15-16-10-11-20(23-14-16)17-6-3-2-4-7-17/h2-14H,15H2,1H3. The van der Waals surface area contributed by atoms with E-state index in [-0.39, 0.29) is 5.97 Å². The Hall–Kier alpha value is -3.40. The van der Waals surface area contributed by atoms with Crippen molar-refractivity contribution in [2.75, 3.05) is 7.11 Å². The van der Waals surface area contributed by atoms with Gasteiger partial charge >= 0.3 is 5.97 Å². The van der Waals surface area contributed by atoms with E-state index < -0.39 is 0 Å². The number of rotatable bonds is 4. The van der Waals surface area contributed by atoms with Crippen molar-refractivity contribution in [3.63, 3.8) is 0 Å². The van der Waals surface area contributed by atoms with Gasteiger partial charge in [0.25, 0.3) is 0 Å². The average molecular weight is 342 g/mol. The van der Waals surface area contributed by atoms with Crippen LogP contribution < -0.4 is 0 Å². The number of methoxy groups -OCH3 is 1. The molecule has 4 heteroatoms. The lowest BCUT2D eigenvalue weighted by Gasteiger charge is -2.09. The molecule has 2 aromatic heterocycles. The minimum atomic E-state index is -0.326. The topological polar surface area (TPSA) is 44.1 Å². The van der Waals surface area contributed by atoms with Crippen LogP contribution in [0.1, 0.15) is 15.9 Å². The van der Waals surface area contributed by atoms with Gasteiger partial charge in [-0.15, -0.1) is 0 Å². The van der Waals surface area contributed by atoms with Crippen molar-refractivity contribution in [1.29, 1.82) is 0 Å². The van der Waals surface area contributed by atoms with Crippen molar-refractivity contribution in [3.05, 3.63) is 90.3 Å². The predicted molar refractivity (Wildman–Crippen MR) is 102 cm³/mol. The van der Waals surface area contributed by atoms with E-state index in [1.807, 2.05) is 67.0 Å². The Balaban J connectivity index is 1.66. The Labute approximate surface area is 151 Å². The van der Waals surface area contributed by atoms with Crippen molar-refractivity contribution in [2.24, 2.45) is 0 Å². The minimum absolute atomic E-state index is 0.326. The van der Waals surface area contributed by atoms with Crippen molar-refractivity contribution in [3.8, 4) is 11.3 Å². The molecule has 4 rings (SSSR count). The third-order valence-electron chi connectivity index (χ3n) is 4.44. The number of hydrogen-bond donors (Lipinski definition) is 0. The third-order valence-corrected chi connectivity index (χ3v) is 4.44. The van der Waals surface area contributed by atoms with Gasteiger partial charge in [-0.05, 0) is 23.8 Å². The van der Waals surface area contributed by atoms with Gasteiger partial charge in [0.15, 0.2) is 0 Å². The lowest BCUT2D eigenvalue weighted by molar-refractivity contribution is 0.0602. The molecule has 0 unspecified atom stereocenters. The highest BCUT2D eigenvalue weighted by molar-refractivity contribution is 6.03. The van der Waals surface area contributed by atoms with Crippen molar-refractivity contribution in [2.45, 2.75) is 6.54 Å². The molecular weight excluding hydrogens is 324 g/mol. The van der Waals surface area contributed by atoms with E-state index in [0.29, 0.717) is 12.1 Å². The highest BCUT2D eigenvalue weighted by Gasteiger charge is 2.14. The van der Waals surface area contributed by atoms with Gasteiger partial charge in [0.2, 0.25) is 0 Å². The van der Waals surface area contributed by atoms with Crippen LogP contribution in [0.25, 0.3) is 22.2 Å². The summed E-state index contributed by atoms with van der Waals surface area (Å²) in [5.74, 6) is -0.326. The van der Waals surface area contributed by atoms with Crippen LogP contribution in [0, 0.1) is 0 Å². The van der Waals surface area contributed by atoms with Crippen LogP contribution in [0.3, 0.4) is 0 Å². The molecule has 2 aromatic carbocycles. The molecule has 0 saturated heterocycles. The molecule has 0 bridgehead atoms. The lowest BCUT2D eigenvalue weighted by Crippen LogP contribution is -2.06. The van der Waals surface area contributed by atoms with Crippen molar-refractivity contribution in [1.82, 2.24) is 9.55 Å². The van der Waals surface area contributed by atoms with E-state index in [1.165, 1.54) is 7.11 Å². The summed E-state index contributed by atoms with van der Waals surface area (Å²) in [4.78, 5) is 16.7. The van der Waals surface area contributed by atoms with Crippen LogP contribution in [0.2, 0.25) is 0 Å². The monoisotopic (exact) mass is 342 g/mol. The Kier molecular flexibility index (Phi) is 4.23. The normalized spacial score (nSPS) is 10.8. The van der Waals surface area contributed by atoms with E-state index in [9.17, 15) is 4.79 Å². The van der Waals surface area contributed by atoms with E-state index in [0.717, 1.165) is 27.7 Å². The molecular formula is C22H18N2O2. The summed E-state index contributed by atoms with van der Waals surface area (Å²) in [5, 5.41) is 1.02.